The fraction of sp³-hybridized carbons (Fsp3) is 0.250. The van der Waals surface area contributed by atoms with Gasteiger partial charge in [-0.3, -0.25) is 19.3 Å². The molecule has 5 N–H and O–H groups in total. The van der Waals surface area contributed by atoms with Crippen molar-refractivity contribution < 1.29 is 29.4 Å². The molecular weight excluding hydrogens is 394 g/mol. The topological polar surface area (TPSA) is 171 Å². The Morgan fingerprint density at radius 2 is 1.63 bits per heavy atom. The van der Waals surface area contributed by atoms with Gasteiger partial charge in [0.25, 0.3) is 17.4 Å². The minimum absolute atomic E-state index is 0.00721. The van der Waals surface area contributed by atoms with Gasteiger partial charge in [-0.1, -0.05) is 19.9 Å². The van der Waals surface area contributed by atoms with Crippen LogP contribution < -0.4 is 11.3 Å². The number of pyridine rings is 1. The largest absolute Gasteiger partial charge is 0.478 e. The highest BCUT2D eigenvalue weighted by Gasteiger charge is 2.36. The van der Waals surface area contributed by atoms with E-state index in [-0.39, 0.29) is 29.2 Å². The summed E-state index contributed by atoms with van der Waals surface area (Å²) in [6.07, 6.45) is 0.606. The fourth-order valence-electron chi connectivity index (χ4n) is 3.37. The lowest BCUT2D eigenvalue weighted by Gasteiger charge is -2.14. The zero-order valence-corrected chi connectivity index (χ0v) is 16.2. The van der Waals surface area contributed by atoms with Crippen molar-refractivity contribution in [2.75, 3.05) is 12.3 Å². The Hall–Kier alpha value is -3.95. The predicted octanol–water partition coefficient (Wildman–Crippen LogP) is 1.66. The zero-order chi connectivity index (χ0) is 22.3. The second kappa shape index (κ2) is 7.47. The Morgan fingerprint density at radius 1 is 1.03 bits per heavy atom. The molecule has 0 radical (unpaired) electrons. The van der Waals surface area contributed by atoms with Gasteiger partial charge in [0.2, 0.25) is 0 Å². The number of anilines is 1. The number of aromatic carboxylic acids is 2. The van der Waals surface area contributed by atoms with Gasteiger partial charge in [-0.15, -0.1) is 0 Å². The van der Waals surface area contributed by atoms with E-state index in [0.717, 1.165) is 4.90 Å². The van der Waals surface area contributed by atoms with E-state index in [2.05, 4.69) is 0 Å². The summed E-state index contributed by atoms with van der Waals surface area (Å²) in [7, 11) is 0. The number of carbonyl (C=O) groups is 4. The van der Waals surface area contributed by atoms with E-state index in [0.29, 0.717) is 6.42 Å². The van der Waals surface area contributed by atoms with Crippen LogP contribution in [0.25, 0.3) is 11.1 Å². The molecule has 0 aliphatic carbocycles. The summed E-state index contributed by atoms with van der Waals surface area (Å²) in [5.74, 6) is -4.51. The van der Waals surface area contributed by atoms with Crippen molar-refractivity contribution in [3.05, 3.63) is 50.8 Å². The number of H-pyrrole nitrogens is 1. The molecule has 2 aromatic rings. The summed E-state index contributed by atoms with van der Waals surface area (Å²) in [4.78, 5) is 64.0. The highest BCUT2D eigenvalue weighted by molar-refractivity contribution is 6.22. The third-order valence-electron chi connectivity index (χ3n) is 4.86. The maximum absolute atomic E-state index is 12.8. The Morgan fingerprint density at radius 3 is 2.20 bits per heavy atom. The van der Waals surface area contributed by atoms with E-state index in [1.807, 2.05) is 18.8 Å². The van der Waals surface area contributed by atoms with Crippen LogP contribution in [0.5, 0.6) is 0 Å². The number of imide groups is 1. The number of carboxylic acids is 2. The molecule has 1 aromatic heterocycles. The molecule has 2 heterocycles. The van der Waals surface area contributed by atoms with Gasteiger partial charge in [-0.25, -0.2) is 9.59 Å². The van der Waals surface area contributed by atoms with Crippen LogP contribution in [0.1, 0.15) is 61.7 Å². The quantitative estimate of drug-likeness (QED) is 0.518. The van der Waals surface area contributed by atoms with Crippen molar-refractivity contribution in [3.8, 4) is 11.1 Å². The summed E-state index contributed by atoms with van der Waals surface area (Å²) in [6.45, 7) is 4.13. The average molecular weight is 413 g/mol. The number of fused-ring (bicyclic) bond motifs is 1. The number of nitrogens with two attached hydrogens (primary N) is 1. The van der Waals surface area contributed by atoms with Crippen molar-refractivity contribution in [2.45, 2.75) is 20.3 Å². The Balaban J connectivity index is 2.21. The molecule has 3 rings (SSSR count). The number of aromatic nitrogens is 1. The number of carbonyl (C=O) groups excluding carboxylic acids is 2. The standard InChI is InChI=1S/C20H19N3O7/c1-8(2)5-6-23-17(25)10-4-3-9(7-11(10)18(23)26)12-13(19(27)28)15(21)22-16(24)14(12)20(29)30/h3-4,7-8H,5-6H2,1-2H3,(H,27,28)(H,29,30)(H3,21,22,24). The maximum Gasteiger partial charge on any atom is 0.342 e. The van der Waals surface area contributed by atoms with Crippen LogP contribution in [0.15, 0.2) is 23.0 Å². The molecule has 0 fully saturated rings. The molecule has 10 nitrogen and oxygen atoms in total. The van der Waals surface area contributed by atoms with Gasteiger partial charge in [0.15, 0.2) is 0 Å². The second-order valence-corrected chi connectivity index (χ2v) is 7.31. The Bertz CT molecular complexity index is 1160. The molecule has 0 saturated carbocycles. The average Bonchev–Trinajstić information content (AvgIpc) is 2.88. The number of nitrogen functional groups attached to an aromatic ring is 1. The second-order valence-electron chi connectivity index (χ2n) is 7.31. The molecule has 0 spiro atoms. The van der Waals surface area contributed by atoms with Crippen molar-refractivity contribution in [1.29, 1.82) is 0 Å². The lowest BCUT2D eigenvalue weighted by Crippen LogP contribution is -2.31. The van der Waals surface area contributed by atoms with Gasteiger partial charge in [0.1, 0.15) is 16.9 Å². The first-order valence-electron chi connectivity index (χ1n) is 9.07. The molecule has 1 aromatic carbocycles. The van der Waals surface area contributed by atoms with E-state index >= 15 is 0 Å². The molecular formula is C20H19N3O7. The highest BCUT2D eigenvalue weighted by Crippen LogP contribution is 2.33. The Labute approximate surface area is 169 Å². The molecule has 156 valence electrons. The monoisotopic (exact) mass is 413 g/mol. The first-order chi connectivity index (χ1) is 14.0. The van der Waals surface area contributed by atoms with Crippen molar-refractivity contribution in [1.82, 2.24) is 9.88 Å². The third-order valence-corrected chi connectivity index (χ3v) is 4.86. The summed E-state index contributed by atoms with van der Waals surface area (Å²) in [6, 6.07) is 3.83. The SMILES string of the molecule is CC(C)CCN1C(=O)c2ccc(-c3c(C(=O)O)c(N)[nH]c(=O)c3C(=O)O)cc2C1=O. The molecule has 1 aliphatic heterocycles. The van der Waals surface area contributed by atoms with Gasteiger partial charge in [-0.05, 0) is 30.0 Å². The highest BCUT2D eigenvalue weighted by atomic mass is 16.4. The molecule has 0 unspecified atom stereocenters. The van der Waals surface area contributed by atoms with Gasteiger partial charge in [-0.2, -0.15) is 0 Å². The van der Waals surface area contributed by atoms with Crippen LogP contribution in [0.3, 0.4) is 0 Å². The summed E-state index contributed by atoms with van der Waals surface area (Å²) < 4.78 is 0. The van der Waals surface area contributed by atoms with Gasteiger partial charge >= 0.3 is 11.9 Å². The first kappa shape index (κ1) is 20.8. The van der Waals surface area contributed by atoms with Crippen molar-refractivity contribution in [3.63, 3.8) is 0 Å². The predicted molar refractivity (Wildman–Crippen MR) is 106 cm³/mol. The molecule has 10 heteroatoms. The minimum Gasteiger partial charge on any atom is -0.478 e. The zero-order valence-electron chi connectivity index (χ0n) is 16.2. The van der Waals surface area contributed by atoms with Crippen molar-refractivity contribution in [2.24, 2.45) is 5.92 Å². The number of nitrogens with one attached hydrogen (secondary N) is 1. The minimum atomic E-state index is -1.66. The number of aromatic amines is 1. The normalized spacial score (nSPS) is 13.1. The first-order valence-corrected chi connectivity index (χ1v) is 9.07. The number of hydrogen-bond donors (Lipinski definition) is 4. The van der Waals surface area contributed by atoms with Crippen LogP contribution in [0.4, 0.5) is 5.82 Å². The Kier molecular flexibility index (Phi) is 5.17. The van der Waals surface area contributed by atoms with E-state index in [1.54, 1.807) is 0 Å². The molecule has 30 heavy (non-hydrogen) atoms. The molecule has 2 amide bonds. The summed E-state index contributed by atoms with van der Waals surface area (Å²) >= 11 is 0. The van der Waals surface area contributed by atoms with Crippen LogP contribution >= 0.6 is 0 Å². The van der Waals surface area contributed by atoms with Gasteiger partial charge in [0, 0.05) is 12.1 Å². The van der Waals surface area contributed by atoms with E-state index in [1.165, 1.54) is 18.2 Å². The van der Waals surface area contributed by atoms with Crippen LogP contribution in [0, 0.1) is 5.92 Å². The van der Waals surface area contributed by atoms with Crippen LogP contribution in [-0.2, 0) is 0 Å². The number of rotatable bonds is 6. The van der Waals surface area contributed by atoms with Gasteiger partial charge in [0.05, 0.1) is 11.1 Å². The number of hydrogen-bond acceptors (Lipinski definition) is 6. The molecule has 0 bridgehead atoms. The van der Waals surface area contributed by atoms with E-state index in [4.69, 9.17) is 5.73 Å². The summed E-state index contributed by atoms with van der Waals surface area (Å²) in [5, 5.41) is 19.0. The summed E-state index contributed by atoms with van der Waals surface area (Å²) in [5.41, 5.74) is 2.79. The third kappa shape index (κ3) is 3.32. The van der Waals surface area contributed by atoms with E-state index in [9.17, 15) is 34.2 Å². The van der Waals surface area contributed by atoms with Crippen molar-refractivity contribution >= 4 is 29.6 Å². The molecule has 0 atom stereocenters. The van der Waals surface area contributed by atoms with Crippen LogP contribution in [-0.4, -0.2) is 50.4 Å². The maximum atomic E-state index is 12.8. The lowest BCUT2D eigenvalue weighted by atomic mass is 9.93. The van der Waals surface area contributed by atoms with Gasteiger partial charge < -0.3 is 20.9 Å². The molecule has 1 aliphatic rings. The number of carboxylic acid groups (broad SMARTS) is 2. The number of amides is 2. The van der Waals surface area contributed by atoms with E-state index < -0.39 is 51.8 Å². The van der Waals surface area contributed by atoms with Crippen LogP contribution in [0.2, 0.25) is 0 Å². The molecule has 0 saturated heterocycles. The number of nitrogens with zero attached hydrogens (tertiary/aromatic N) is 1. The smallest absolute Gasteiger partial charge is 0.342 e. The lowest BCUT2D eigenvalue weighted by molar-refractivity contribution is 0.0642. The fourth-order valence-corrected chi connectivity index (χ4v) is 3.37. The number of benzene rings is 1.